The summed E-state index contributed by atoms with van der Waals surface area (Å²) in [5.74, 6) is 0.461. The average Bonchev–Trinajstić information content (AvgIpc) is 2.90. The Morgan fingerprint density at radius 2 is 1.96 bits per heavy atom. The first-order valence-corrected chi connectivity index (χ1v) is 7.44. The molecule has 0 bridgehead atoms. The number of rotatable bonds is 3. The fourth-order valence-corrected chi connectivity index (χ4v) is 2.92. The van der Waals surface area contributed by atoms with Gasteiger partial charge < -0.3 is 15.4 Å². The lowest BCUT2D eigenvalue weighted by Gasteiger charge is -2.09. The Labute approximate surface area is 133 Å². The number of aliphatic hydroxyl groups is 1. The predicted octanol–water partition coefficient (Wildman–Crippen LogP) is 2.71. The highest BCUT2D eigenvalue weighted by Crippen LogP contribution is 2.23. The second-order valence-electron chi connectivity index (χ2n) is 5.53. The van der Waals surface area contributed by atoms with Gasteiger partial charge in [-0.3, -0.25) is 4.98 Å². The molecule has 2 aromatic heterocycles. The normalized spacial score (nSPS) is 11.3. The highest BCUT2D eigenvalue weighted by Gasteiger charge is 2.11. The van der Waals surface area contributed by atoms with Crippen molar-refractivity contribution < 1.29 is 5.11 Å². The maximum Gasteiger partial charge on any atom is 0.201 e. The number of nitrogen functional groups attached to an aromatic ring is 1. The van der Waals surface area contributed by atoms with E-state index in [1.165, 1.54) is 0 Å². The van der Waals surface area contributed by atoms with Crippen LogP contribution in [0, 0.1) is 0 Å². The van der Waals surface area contributed by atoms with Gasteiger partial charge in [0.1, 0.15) is 0 Å². The Bertz CT molecular complexity index is 1000. The van der Waals surface area contributed by atoms with E-state index >= 15 is 0 Å². The summed E-state index contributed by atoms with van der Waals surface area (Å²) in [6.07, 6.45) is 1.80. The summed E-state index contributed by atoms with van der Waals surface area (Å²) < 4.78 is 1.97. The minimum absolute atomic E-state index is 0.00402. The van der Waals surface area contributed by atoms with Gasteiger partial charge in [0.05, 0.1) is 29.7 Å². The van der Waals surface area contributed by atoms with Crippen molar-refractivity contribution in [3.05, 3.63) is 65.9 Å². The number of anilines is 1. The van der Waals surface area contributed by atoms with E-state index in [4.69, 9.17) is 5.73 Å². The fourth-order valence-electron chi connectivity index (χ4n) is 2.92. The molecule has 0 aliphatic rings. The van der Waals surface area contributed by atoms with E-state index in [0.29, 0.717) is 12.5 Å². The summed E-state index contributed by atoms with van der Waals surface area (Å²) in [6, 6.07) is 15.8. The van der Waals surface area contributed by atoms with Crippen molar-refractivity contribution in [1.29, 1.82) is 0 Å². The zero-order valence-corrected chi connectivity index (χ0v) is 12.5. The molecule has 5 heteroatoms. The van der Waals surface area contributed by atoms with E-state index in [0.717, 1.165) is 33.1 Å². The predicted molar refractivity (Wildman–Crippen MR) is 90.9 cm³/mol. The molecule has 3 N–H and O–H groups in total. The average molecular weight is 304 g/mol. The lowest BCUT2D eigenvalue weighted by atomic mass is 10.1. The van der Waals surface area contributed by atoms with Crippen molar-refractivity contribution in [2.75, 3.05) is 5.73 Å². The van der Waals surface area contributed by atoms with Crippen molar-refractivity contribution in [2.45, 2.75) is 13.2 Å². The lowest BCUT2D eigenvalue weighted by molar-refractivity contribution is 0.282. The number of pyridine rings is 1. The van der Waals surface area contributed by atoms with E-state index in [1.807, 2.05) is 34.9 Å². The SMILES string of the molecule is Nc1nc2cc(CO)ccc2n1Cc1cccc2cccnc12. The molecule has 0 fully saturated rings. The first-order valence-electron chi connectivity index (χ1n) is 7.44. The molecule has 0 atom stereocenters. The zero-order chi connectivity index (χ0) is 15.8. The number of hydrogen-bond donors (Lipinski definition) is 2. The van der Waals surface area contributed by atoms with Crippen LogP contribution in [0.25, 0.3) is 21.9 Å². The molecule has 0 radical (unpaired) electrons. The first kappa shape index (κ1) is 13.7. The van der Waals surface area contributed by atoms with Gasteiger partial charge in [-0.05, 0) is 29.3 Å². The monoisotopic (exact) mass is 304 g/mol. The van der Waals surface area contributed by atoms with Gasteiger partial charge in [-0.1, -0.05) is 30.3 Å². The van der Waals surface area contributed by atoms with E-state index < -0.39 is 0 Å². The highest BCUT2D eigenvalue weighted by molar-refractivity contribution is 5.83. The largest absolute Gasteiger partial charge is 0.392 e. The van der Waals surface area contributed by atoms with Crippen LogP contribution in [-0.2, 0) is 13.2 Å². The topological polar surface area (TPSA) is 77.0 Å². The van der Waals surface area contributed by atoms with Crippen molar-refractivity contribution in [1.82, 2.24) is 14.5 Å². The van der Waals surface area contributed by atoms with Crippen LogP contribution in [0.4, 0.5) is 5.95 Å². The number of imidazole rings is 1. The number of nitrogens with zero attached hydrogens (tertiary/aromatic N) is 3. The second-order valence-corrected chi connectivity index (χ2v) is 5.53. The smallest absolute Gasteiger partial charge is 0.201 e. The van der Waals surface area contributed by atoms with Crippen molar-refractivity contribution >= 4 is 27.9 Å². The quantitative estimate of drug-likeness (QED) is 0.610. The molecule has 0 aliphatic carbocycles. The van der Waals surface area contributed by atoms with Gasteiger partial charge in [-0.2, -0.15) is 0 Å². The molecule has 2 heterocycles. The number of aliphatic hydroxyl groups excluding tert-OH is 1. The molecule has 0 saturated carbocycles. The van der Waals surface area contributed by atoms with Gasteiger partial charge in [-0.15, -0.1) is 0 Å². The van der Waals surface area contributed by atoms with Gasteiger partial charge in [0.2, 0.25) is 5.95 Å². The second kappa shape index (κ2) is 5.37. The van der Waals surface area contributed by atoms with Gasteiger partial charge in [0.25, 0.3) is 0 Å². The van der Waals surface area contributed by atoms with Crippen molar-refractivity contribution in [3.63, 3.8) is 0 Å². The molecule has 23 heavy (non-hydrogen) atoms. The Morgan fingerprint density at radius 1 is 1.09 bits per heavy atom. The zero-order valence-electron chi connectivity index (χ0n) is 12.5. The molecule has 114 valence electrons. The van der Waals surface area contributed by atoms with Crippen LogP contribution in [0.3, 0.4) is 0 Å². The molecular formula is C18H16N4O. The lowest BCUT2D eigenvalue weighted by Crippen LogP contribution is -2.05. The van der Waals surface area contributed by atoms with E-state index in [2.05, 4.69) is 28.2 Å². The maximum absolute atomic E-state index is 9.25. The standard InChI is InChI=1S/C18H16N4O/c19-18-21-15-9-12(11-23)6-7-16(15)22(18)10-14-4-1-3-13-5-2-8-20-17(13)14/h1-9,23H,10-11H2,(H2,19,21). The maximum atomic E-state index is 9.25. The van der Waals surface area contributed by atoms with Crippen LogP contribution in [-0.4, -0.2) is 19.6 Å². The first-order chi connectivity index (χ1) is 11.3. The van der Waals surface area contributed by atoms with Crippen LogP contribution in [0.1, 0.15) is 11.1 Å². The van der Waals surface area contributed by atoms with E-state index in [9.17, 15) is 5.11 Å². The fraction of sp³-hybridized carbons (Fsp3) is 0.111. The molecule has 4 aromatic rings. The molecule has 0 saturated heterocycles. The third kappa shape index (κ3) is 2.31. The summed E-state index contributed by atoms with van der Waals surface area (Å²) in [4.78, 5) is 8.90. The van der Waals surface area contributed by atoms with Crippen LogP contribution < -0.4 is 5.73 Å². The van der Waals surface area contributed by atoms with Gasteiger partial charge in [0, 0.05) is 11.6 Å². The summed E-state index contributed by atoms with van der Waals surface area (Å²) in [6.45, 7) is 0.602. The highest BCUT2D eigenvalue weighted by atomic mass is 16.3. The van der Waals surface area contributed by atoms with Crippen LogP contribution in [0.15, 0.2) is 54.7 Å². The number of fused-ring (bicyclic) bond motifs is 2. The molecule has 0 amide bonds. The van der Waals surface area contributed by atoms with Gasteiger partial charge >= 0.3 is 0 Å². The minimum Gasteiger partial charge on any atom is -0.392 e. The number of para-hydroxylation sites is 1. The Kier molecular flexibility index (Phi) is 3.20. The number of benzene rings is 2. The molecule has 2 aromatic carbocycles. The third-order valence-electron chi connectivity index (χ3n) is 4.07. The molecule has 0 spiro atoms. The van der Waals surface area contributed by atoms with Crippen LogP contribution >= 0.6 is 0 Å². The third-order valence-corrected chi connectivity index (χ3v) is 4.07. The van der Waals surface area contributed by atoms with E-state index in [-0.39, 0.29) is 6.61 Å². The minimum atomic E-state index is -0.00402. The summed E-state index contributed by atoms with van der Waals surface area (Å²) in [7, 11) is 0. The number of hydrogen-bond acceptors (Lipinski definition) is 4. The number of aromatic nitrogens is 3. The summed E-state index contributed by atoms with van der Waals surface area (Å²) in [5.41, 5.74) is 10.8. The summed E-state index contributed by atoms with van der Waals surface area (Å²) >= 11 is 0. The molecule has 0 aliphatic heterocycles. The molecule has 5 nitrogen and oxygen atoms in total. The van der Waals surface area contributed by atoms with Gasteiger partial charge in [0.15, 0.2) is 0 Å². The Balaban J connectivity index is 1.85. The Morgan fingerprint density at radius 3 is 2.83 bits per heavy atom. The van der Waals surface area contributed by atoms with Crippen LogP contribution in [0.5, 0.6) is 0 Å². The number of nitrogens with two attached hydrogens (primary N) is 1. The molecule has 0 unspecified atom stereocenters. The van der Waals surface area contributed by atoms with Crippen molar-refractivity contribution in [2.24, 2.45) is 0 Å². The van der Waals surface area contributed by atoms with Gasteiger partial charge in [-0.25, -0.2) is 4.98 Å². The Hall–Kier alpha value is -2.92. The van der Waals surface area contributed by atoms with E-state index in [1.54, 1.807) is 6.20 Å². The summed E-state index contributed by atoms with van der Waals surface area (Å²) in [5, 5.41) is 10.4. The molecule has 4 rings (SSSR count). The van der Waals surface area contributed by atoms with Crippen LogP contribution in [0.2, 0.25) is 0 Å². The van der Waals surface area contributed by atoms with Crippen molar-refractivity contribution in [3.8, 4) is 0 Å². The molecular weight excluding hydrogens is 288 g/mol.